The molecule has 0 atom stereocenters. The number of carboxylic acids is 1. The topological polar surface area (TPSA) is 171 Å². The number of alkyl halides is 3. The number of hydrogen-bond acceptors (Lipinski definition) is 6. The number of benzene rings is 2. The molecule has 0 saturated heterocycles. The molecule has 4 N–H and O–H groups in total. The van der Waals surface area contributed by atoms with E-state index in [1.807, 2.05) is 0 Å². The van der Waals surface area contributed by atoms with Gasteiger partial charge in [-0.25, -0.2) is 37.1 Å². The summed E-state index contributed by atoms with van der Waals surface area (Å²) < 4.78 is 62.2. The second-order valence-corrected chi connectivity index (χ2v) is 8.60. The van der Waals surface area contributed by atoms with Gasteiger partial charge in [-0.05, 0) is 35.9 Å². The molecule has 0 unspecified atom stereocenters. The summed E-state index contributed by atoms with van der Waals surface area (Å²) in [5.41, 5.74) is -5.34. The first-order valence-electron chi connectivity index (χ1n) is 9.39. The van der Waals surface area contributed by atoms with Crippen LogP contribution in [0.1, 0.15) is 21.5 Å². The van der Waals surface area contributed by atoms with Crippen LogP contribution in [0.5, 0.6) is 0 Å². The van der Waals surface area contributed by atoms with Crippen LogP contribution < -0.4 is 21.7 Å². The minimum Gasteiger partial charge on any atom is -0.477 e. The first-order valence-corrected chi connectivity index (χ1v) is 10.9. The summed E-state index contributed by atoms with van der Waals surface area (Å²) >= 11 is 0. The number of hydrogen-bond donors (Lipinski definition) is 3. The summed E-state index contributed by atoms with van der Waals surface area (Å²) in [5, 5.41) is 16.6. The van der Waals surface area contributed by atoms with Gasteiger partial charge in [-0.2, -0.15) is 13.2 Å². The molecule has 0 saturated carbocycles. The van der Waals surface area contributed by atoms with Gasteiger partial charge in [-0.15, -0.1) is 0 Å². The predicted molar refractivity (Wildman–Crippen MR) is 114 cm³/mol. The Balaban J connectivity index is 2.02. The Morgan fingerprint density at radius 3 is 2.23 bits per heavy atom. The third kappa shape index (κ3) is 5.47. The molecule has 15 heteroatoms. The van der Waals surface area contributed by atoms with Crippen molar-refractivity contribution in [3.8, 4) is 5.69 Å². The van der Waals surface area contributed by atoms with Gasteiger partial charge >= 0.3 is 23.9 Å². The second kappa shape index (κ2) is 9.19. The van der Waals surface area contributed by atoms with Gasteiger partial charge in [0.25, 0.3) is 5.56 Å². The number of carbonyl (C=O) groups is 2. The van der Waals surface area contributed by atoms with Crippen LogP contribution in [-0.4, -0.2) is 34.7 Å². The lowest BCUT2D eigenvalue weighted by molar-refractivity contribution is -0.137. The number of nitrogens with zero attached hydrogens (tertiary/aromatic N) is 2. The van der Waals surface area contributed by atoms with Crippen molar-refractivity contribution in [2.24, 2.45) is 5.14 Å². The van der Waals surface area contributed by atoms with Crippen LogP contribution in [0.3, 0.4) is 0 Å². The molecular formula is C20H15F3N4O7S. The van der Waals surface area contributed by atoms with Crippen molar-refractivity contribution in [1.29, 1.82) is 0 Å². The third-order valence-electron chi connectivity index (χ3n) is 4.67. The SMILES string of the molecule is NS(=O)(=O)c1ccc(CNC(=O)n2cc(C(=O)O)c(=O)n(-c3cccc(C(F)(F)F)c3)c2=O)cc1. The summed E-state index contributed by atoms with van der Waals surface area (Å²) in [7, 11) is -3.95. The van der Waals surface area contributed by atoms with Crippen LogP contribution in [0, 0.1) is 0 Å². The molecule has 0 aliphatic heterocycles. The number of aromatic nitrogens is 2. The molecule has 0 aliphatic rings. The van der Waals surface area contributed by atoms with Crippen molar-refractivity contribution < 1.29 is 36.3 Å². The van der Waals surface area contributed by atoms with Gasteiger partial charge in [0.2, 0.25) is 10.0 Å². The van der Waals surface area contributed by atoms with Crippen LogP contribution in [-0.2, 0) is 22.7 Å². The van der Waals surface area contributed by atoms with Crippen molar-refractivity contribution in [1.82, 2.24) is 14.5 Å². The Hall–Kier alpha value is -4.24. The first-order chi connectivity index (χ1) is 16.2. The molecule has 0 fully saturated rings. The van der Waals surface area contributed by atoms with Crippen LogP contribution in [0.15, 0.2) is 69.2 Å². The average molecular weight is 512 g/mol. The van der Waals surface area contributed by atoms with E-state index in [1.54, 1.807) is 0 Å². The lowest BCUT2D eigenvalue weighted by Gasteiger charge is -2.13. The maximum absolute atomic E-state index is 13.1. The molecule has 3 rings (SSSR count). The lowest BCUT2D eigenvalue weighted by atomic mass is 10.2. The maximum Gasteiger partial charge on any atom is 0.416 e. The number of nitrogens with two attached hydrogens (primary N) is 1. The zero-order chi connectivity index (χ0) is 26.1. The number of nitrogens with one attached hydrogen (secondary N) is 1. The molecular weight excluding hydrogens is 497 g/mol. The van der Waals surface area contributed by atoms with E-state index in [2.05, 4.69) is 5.32 Å². The molecule has 1 aromatic heterocycles. The highest BCUT2D eigenvalue weighted by atomic mass is 32.2. The monoisotopic (exact) mass is 512 g/mol. The molecule has 3 aromatic rings. The molecule has 2 aromatic carbocycles. The number of carbonyl (C=O) groups excluding carboxylic acids is 1. The van der Waals surface area contributed by atoms with Gasteiger partial charge in [-0.1, -0.05) is 18.2 Å². The number of amides is 1. The largest absolute Gasteiger partial charge is 0.477 e. The van der Waals surface area contributed by atoms with Gasteiger partial charge in [0.05, 0.1) is 16.1 Å². The fraction of sp³-hybridized carbons (Fsp3) is 0.100. The lowest BCUT2D eigenvalue weighted by Crippen LogP contribution is -2.46. The summed E-state index contributed by atoms with van der Waals surface area (Å²) in [6.07, 6.45) is -4.37. The molecule has 11 nitrogen and oxygen atoms in total. The Bertz CT molecular complexity index is 1540. The van der Waals surface area contributed by atoms with E-state index in [9.17, 15) is 45.9 Å². The van der Waals surface area contributed by atoms with Gasteiger partial charge in [0, 0.05) is 12.7 Å². The highest BCUT2D eigenvalue weighted by molar-refractivity contribution is 7.89. The van der Waals surface area contributed by atoms with Crippen LogP contribution in [0.25, 0.3) is 5.69 Å². The van der Waals surface area contributed by atoms with Gasteiger partial charge in [0.15, 0.2) is 0 Å². The summed E-state index contributed by atoms with van der Waals surface area (Å²) in [6, 6.07) is 6.79. The highest BCUT2D eigenvalue weighted by Crippen LogP contribution is 2.29. The Morgan fingerprint density at radius 1 is 1.06 bits per heavy atom. The average Bonchev–Trinajstić information content (AvgIpc) is 2.76. The van der Waals surface area contributed by atoms with E-state index in [0.29, 0.717) is 23.9 Å². The fourth-order valence-corrected chi connectivity index (χ4v) is 3.47. The molecule has 0 aliphatic carbocycles. The third-order valence-corrected chi connectivity index (χ3v) is 5.59. The predicted octanol–water partition coefficient (Wildman–Crippen LogP) is 1.12. The van der Waals surface area contributed by atoms with Crippen molar-refractivity contribution in [2.45, 2.75) is 17.6 Å². The van der Waals surface area contributed by atoms with Gasteiger partial charge in [-0.3, -0.25) is 4.79 Å². The fourth-order valence-electron chi connectivity index (χ4n) is 2.96. The van der Waals surface area contributed by atoms with E-state index < -0.39 is 56.3 Å². The number of aromatic carboxylic acids is 1. The van der Waals surface area contributed by atoms with Gasteiger partial charge in [0.1, 0.15) is 5.56 Å². The van der Waals surface area contributed by atoms with Crippen molar-refractivity contribution in [3.05, 3.63) is 92.3 Å². The number of halogens is 3. The van der Waals surface area contributed by atoms with Crippen molar-refractivity contribution in [3.63, 3.8) is 0 Å². The Morgan fingerprint density at radius 2 is 1.69 bits per heavy atom. The Labute approximate surface area is 193 Å². The standard InChI is InChI=1S/C20H15F3N4O7S/c21-20(22,23)12-2-1-3-13(8-12)27-16(28)15(17(29)30)10-26(19(27)32)18(31)25-9-11-4-6-14(7-5-11)35(24,33)34/h1-8,10H,9H2,(H,25,31)(H,29,30)(H2,24,33,34). The summed E-state index contributed by atoms with van der Waals surface area (Å²) in [5.74, 6) is -1.82. The van der Waals surface area contributed by atoms with Gasteiger partial charge < -0.3 is 10.4 Å². The van der Waals surface area contributed by atoms with Crippen LogP contribution in [0.2, 0.25) is 0 Å². The molecule has 0 spiro atoms. The quantitative estimate of drug-likeness (QED) is 0.460. The van der Waals surface area contributed by atoms with Crippen molar-refractivity contribution in [2.75, 3.05) is 0 Å². The van der Waals surface area contributed by atoms with E-state index in [1.165, 1.54) is 24.3 Å². The smallest absolute Gasteiger partial charge is 0.416 e. The summed E-state index contributed by atoms with van der Waals surface area (Å²) in [4.78, 5) is 49.3. The minimum absolute atomic E-state index is 0.138. The highest BCUT2D eigenvalue weighted by Gasteiger charge is 2.31. The number of carboxylic acid groups (broad SMARTS) is 1. The van der Waals surface area contributed by atoms with Crippen LogP contribution in [0.4, 0.5) is 18.0 Å². The molecule has 1 heterocycles. The molecule has 0 bridgehead atoms. The number of rotatable bonds is 5. The van der Waals surface area contributed by atoms with E-state index >= 15 is 0 Å². The first kappa shape index (κ1) is 25.4. The molecule has 35 heavy (non-hydrogen) atoms. The molecule has 1 amide bonds. The molecule has 0 radical (unpaired) electrons. The van der Waals surface area contributed by atoms with E-state index in [-0.39, 0.29) is 20.6 Å². The zero-order valence-electron chi connectivity index (χ0n) is 17.3. The zero-order valence-corrected chi connectivity index (χ0v) is 18.1. The normalized spacial score (nSPS) is 11.8. The minimum atomic E-state index is -4.82. The maximum atomic E-state index is 13.1. The van der Waals surface area contributed by atoms with E-state index in [4.69, 9.17) is 5.14 Å². The number of sulfonamides is 1. The molecule has 184 valence electrons. The van der Waals surface area contributed by atoms with Crippen molar-refractivity contribution >= 4 is 22.0 Å². The van der Waals surface area contributed by atoms with E-state index in [0.717, 1.165) is 12.1 Å². The number of primary sulfonamides is 1. The Kier molecular flexibility index (Phi) is 6.66. The second-order valence-electron chi connectivity index (χ2n) is 7.04. The van der Waals surface area contributed by atoms with Crippen LogP contribution >= 0.6 is 0 Å². The summed E-state index contributed by atoms with van der Waals surface area (Å²) in [6.45, 7) is -0.263.